The molecule has 3 N–H and O–H groups in total. The van der Waals surface area contributed by atoms with Crippen LogP contribution in [0.4, 0.5) is 10.5 Å². The van der Waals surface area contributed by atoms with Crippen molar-refractivity contribution in [2.75, 3.05) is 5.32 Å². The molecule has 1 aliphatic heterocycles. The topological polar surface area (TPSA) is 96.5 Å². The second-order valence-corrected chi connectivity index (χ2v) is 7.21. The molecule has 0 aliphatic carbocycles. The number of nitrogens with one attached hydrogen (secondary N) is 3. The molecule has 0 bridgehead atoms. The first-order chi connectivity index (χ1) is 13.2. The maximum Gasteiger partial charge on any atom is 0.322 e. The van der Waals surface area contributed by atoms with Crippen LogP contribution in [0.15, 0.2) is 42.5 Å². The highest BCUT2D eigenvalue weighted by Crippen LogP contribution is 2.27. The molecule has 0 aromatic heterocycles. The lowest BCUT2D eigenvalue weighted by Crippen LogP contribution is -2.40. The fourth-order valence-corrected chi connectivity index (χ4v) is 3.11. The van der Waals surface area contributed by atoms with E-state index in [0.717, 1.165) is 5.56 Å². The molecular weight excluding hydrogens is 382 g/mol. The number of hydrogen-bond acceptors (Lipinski definition) is 4. The summed E-state index contributed by atoms with van der Waals surface area (Å²) in [6.45, 7) is 5.08. The van der Waals surface area contributed by atoms with E-state index in [2.05, 4.69) is 16.0 Å². The SMILES string of the molecule is Cc1cc(Cl)ccc1OC(C)C(=O)Nc1cccc(C2(C)NC(=O)NC2=O)c1. The molecule has 3 rings (SSSR count). The Morgan fingerprint density at radius 3 is 2.61 bits per heavy atom. The standard InChI is InChI=1S/C20H20ClN3O4/c1-11-9-14(21)7-8-16(11)28-12(2)17(25)22-15-6-4-5-13(10-15)20(3)18(26)23-19(27)24-20/h4-10,12H,1-3H3,(H,22,25)(H2,23,24,26,27). The number of benzene rings is 2. The summed E-state index contributed by atoms with van der Waals surface area (Å²) in [6.07, 6.45) is -0.756. The third-order valence-electron chi connectivity index (χ3n) is 4.56. The molecule has 2 aromatic carbocycles. The van der Waals surface area contributed by atoms with Gasteiger partial charge in [-0.2, -0.15) is 0 Å². The lowest BCUT2D eigenvalue weighted by atomic mass is 9.92. The van der Waals surface area contributed by atoms with E-state index >= 15 is 0 Å². The number of anilines is 1. The maximum atomic E-state index is 12.5. The number of hydrogen-bond donors (Lipinski definition) is 3. The van der Waals surface area contributed by atoms with E-state index in [-0.39, 0.29) is 5.91 Å². The number of amides is 4. The summed E-state index contributed by atoms with van der Waals surface area (Å²) in [6, 6.07) is 11.3. The molecule has 7 nitrogen and oxygen atoms in total. The van der Waals surface area contributed by atoms with E-state index in [0.29, 0.717) is 22.0 Å². The minimum atomic E-state index is -1.19. The fourth-order valence-electron chi connectivity index (χ4n) is 2.89. The monoisotopic (exact) mass is 401 g/mol. The number of carbonyl (C=O) groups is 3. The van der Waals surface area contributed by atoms with Crippen molar-refractivity contribution in [3.05, 3.63) is 58.6 Å². The number of halogens is 1. The second kappa shape index (κ2) is 7.52. The number of ether oxygens (including phenoxy) is 1. The van der Waals surface area contributed by atoms with Gasteiger partial charge in [0.05, 0.1) is 0 Å². The quantitative estimate of drug-likeness (QED) is 0.670. The molecule has 1 saturated heterocycles. The predicted octanol–water partition coefficient (Wildman–Crippen LogP) is 3.11. The van der Waals surface area contributed by atoms with Gasteiger partial charge in [0.1, 0.15) is 11.3 Å². The Hall–Kier alpha value is -3.06. The van der Waals surface area contributed by atoms with Crippen LogP contribution < -0.4 is 20.7 Å². The summed E-state index contributed by atoms with van der Waals surface area (Å²) >= 11 is 5.93. The van der Waals surface area contributed by atoms with Crippen LogP contribution >= 0.6 is 11.6 Å². The fraction of sp³-hybridized carbons (Fsp3) is 0.250. The van der Waals surface area contributed by atoms with Crippen molar-refractivity contribution >= 4 is 35.1 Å². The van der Waals surface area contributed by atoms with Gasteiger partial charge in [-0.1, -0.05) is 23.7 Å². The zero-order valence-electron chi connectivity index (χ0n) is 15.6. The zero-order chi connectivity index (χ0) is 20.5. The molecule has 0 saturated carbocycles. The van der Waals surface area contributed by atoms with Gasteiger partial charge in [0.25, 0.3) is 11.8 Å². The van der Waals surface area contributed by atoms with Crippen molar-refractivity contribution in [2.45, 2.75) is 32.4 Å². The van der Waals surface area contributed by atoms with Crippen molar-refractivity contribution in [3.63, 3.8) is 0 Å². The Labute approximate surface area is 167 Å². The molecule has 2 aromatic rings. The smallest absolute Gasteiger partial charge is 0.322 e. The molecule has 1 fully saturated rings. The highest BCUT2D eigenvalue weighted by atomic mass is 35.5. The summed E-state index contributed by atoms with van der Waals surface area (Å²) in [5.74, 6) is -0.230. The van der Waals surface area contributed by atoms with Crippen LogP contribution in [0.2, 0.25) is 5.02 Å². The summed E-state index contributed by atoms with van der Waals surface area (Å²) in [4.78, 5) is 36.1. The van der Waals surface area contributed by atoms with E-state index < -0.39 is 23.6 Å². The van der Waals surface area contributed by atoms with Gasteiger partial charge in [0, 0.05) is 10.7 Å². The molecule has 1 aliphatic rings. The number of aryl methyl sites for hydroxylation is 1. The average Bonchev–Trinajstić information content (AvgIpc) is 2.90. The lowest BCUT2D eigenvalue weighted by molar-refractivity contribution is -0.123. The first-order valence-electron chi connectivity index (χ1n) is 8.67. The Balaban J connectivity index is 1.72. The molecule has 4 amide bonds. The van der Waals surface area contributed by atoms with Crippen molar-refractivity contribution in [1.29, 1.82) is 0 Å². The second-order valence-electron chi connectivity index (χ2n) is 6.77. The number of rotatable bonds is 5. The molecule has 2 unspecified atom stereocenters. The van der Waals surface area contributed by atoms with E-state index in [1.165, 1.54) is 0 Å². The van der Waals surface area contributed by atoms with Crippen LogP contribution in [0, 0.1) is 6.92 Å². The molecule has 1 heterocycles. The summed E-state index contributed by atoms with van der Waals surface area (Å²) in [5.41, 5.74) is 0.669. The highest BCUT2D eigenvalue weighted by Gasteiger charge is 2.43. The van der Waals surface area contributed by atoms with Crippen LogP contribution in [0.5, 0.6) is 5.75 Å². The van der Waals surface area contributed by atoms with Gasteiger partial charge < -0.3 is 15.4 Å². The van der Waals surface area contributed by atoms with E-state index in [1.807, 2.05) is 6.92 Å². The number of urea groups is 1. The van der Waals surface area contributed by atoms with Crippen molar-refractivity contribution in [2.24, 2.45) is 0 Å². The molecular formula is C20H20ClN3O4. The Morgan fingerprint density at radius 1 is 1.21 bits per heavy atom. The first kappa shape index (κ1) is 19.7. The van der Waals surface area contributed by atoms with E-state index in [4.69, 9.17) is 16.3 Å². The molecule has 146 valence electrons. The van der Waals surface area contributed by atoms with Gasteiger partial charge in [-0.15, -0.1) is 0 Å². The van der Waals surface area contributed by atoms with Gasteiger partial charge in [0.2, 0.25) is 0 Å². The van der Waals surface area contributed by atoms with Crippen molar-refractivity contribution in [3.8, 4) is 5.75 Å². The minimum Gasteiger partial charge on any atom is -0.481 e. The van der Waals surface area contributed by atoms with Gasteiger partial charge >= 0.3 is 6.03 Å². The number of carbonyl (C=O) groups excluding carboxylic acids is 3. The van der Waals surface area contributed by atoms with E-state index in [1.54, 1.807) is 56.3 Å². The number of imide groups is 1. The Bertz CT molecular complexity index is 962. The summed E-state index contributed by atoms with van der Waals surface area (Å²) in [5, 5.41) is 8.17. The third-order valence-corrected chi connectivity index (χ3v) is 4.80. The summed E-state index contributed by atoms with van der Waals surface area (Å²) < 4.78 is 5.72. The van der Waals surface area contributed by atoms with Crippen molar-refractivity contribution < 1.29 is 19.1 Å². The van der Waals surface area contributed by atoms with Gasteiger partial charge in [-0.25, -0.2) is 4.79 Å². The molecule has 8 heteroatoms. The molecule has 2 atom stereocenters. The van der Waals surface area contributed by atoms with Gasteiger partial charge in [0.15, 0.2) is 6.10 Å². The predicted molar refractivity (Wildman–Crippen MR) is 105 cm³/mol. The van der Waals surface area contributed by atoms with Crippen LogP contribution in [0.25, 0.3) is 0 Å². The van der Waals surface area contributed by atoms with Gasteiger partial charge in [-0.05, 0) is 62.2 Å². The largest absolute Gasteiger partial charge is 0.481 e. The molecule has 0 spiro atoms. The van der Waals surface area contributed by atoms with Crippen LogP contribution in [-0.4, -0.2) is 23.9 Å². The summed E-state index contributed by atoms with van der Waals surface area (Å²) in [7, 11) is 0. The lowest BCUT2D eigenvalue weighted by Gasteiger charge is -2.22. The average molecular weight is 402 g/mol. The zero-order valence-corrected chi connectivity index (χ0v) is 16.4. The Morgan fingerprint density at radius 2 is 1.96 bits per heavy atom. The molecule has 28 heavy (non-hydrogen) atoms. The first-order valence-corrected chi connectivity index (χ1v) is 9.04. The van der Waals surface area contributed by atoms with Crippen molar-refractivity contribution in [1.82, 2.24) is 10.6 Å². The van der Waals surface area contributed by atoms with Gasteiger partial charge in [-0.3, -0.25) is 14.9 Å². The maximum absolute atomic E-state index is 12.5. The third kappa shape index (κ3) is 3.94. The normalized spacial score (nSPS) is 19.6. The molecule has 0 radical (unpaired) electrons. The van der Waals surface area contributed by atoms with Crippen LogP contribution in [-0.2, 0) is 15.1 Å². The van der Waals surface area contributed by atoms with Crippen LogP contribution in [0.1, 0.15) is 25.0 Å². The highest BCUT2D eigenvalue weighted by molar-refractivity contribution is 6.30. The Kier molecular flexibility index (Phi) is 5.29. The van der Waals surface area contributed by atoms with Crippen LogP contribution in [0.3, 0.4) is 0 Å². The van der Waals surface area contributed by atoms with E-state index in [9.17, 15) is 14.4 Å². The minimum absolute atomic E-state index is 0.350.